The Balaban J connectivity index is 2.94. The van der Waals surface area contributed by atoms with Crippen LogP contribution in [0.3, 0.4) is 0 Å². The molecule has 0 aromatic heterocycles. The second-order valence-corrected chi connectivity index (χ2v) is 9.54. The highest BCUT2D eigenvalue weighted by atomic mass is 15.3. The van der Waals surface area contributed by atoms with Crippen molar-refractivity contribution in [3.05, 3.63) is 0 Å². The van der Waals surface area contributed by atoms with E-state index in [2.05, 4.69) is 89.3 Å². The first-order valence-corrected chi connectivity index (χ1v) is 9.70. The fourth-order valence-corrected chi connectivity index (χ4v) is 3.73. The van der Waals surface area contributed by atoms with E-state index in [1.54, 1.807) is 0 Å². The molecule has 1 aliphatic heterocycles. The first-order chi connectivity index (χ1) is 10.9. The second-order valence-electron chi connectivity index (χ2n) is 9.54. The number of rotatable bonds is 0. The molecule has 0 amide bonds. The predicted molar refractivity (Wildman–Crippen MR) is 107 cm³/mol. The lowest BCUT2D eigenvalue weighted by Crippen LogP contribution is -2.53. The Morgan fingerprint density at radius 2 is 0.875 bits per heavy atom. The summed E-state index contributed by atoms with van der Waals surface area (Å²) in [5.74, 6) is 0. The third-order valence-electron chi connectivity index (χ3n) is 6.74. The van der Waals surface area contributed by atoms with E-state index in [-0.39, 0.29) is 11.1 Å². The van der Waals surface area contributed by atoms with E-state index >= 15 is 0 Å². The highest BCUT2D eigenvalue weighted by molar-refractivity contribution is 4.88. The van der Waals surface area contributed by atoms with E-state index in [0.717, 1.165) is 26.2 Å². The first-order valence-electron chi connectivity index (χ1n) is 9.70. The van der Waals surface area contributed by atoms with Gasteiger partial charge in [-0.1, -0.05) is 0 Å². The Morgan fingerprint density at radius 3 is 1.17 bits per heavy atom. The van der Waals surface area contributed by atoms with Crippen molar-refractivity contribution in [3.8, 4) is 0 Å². The van der Waals surface area contributed by atoms with Crippen molar-refractivity contribution in [2.24, 2.45) is 0 Å². The van der Waals surface area contributed by atoms with Gasteiger partial charge < -0.3 is 9.80 Å². The molecule has 1 rings (SSSR count). The van der Waals surface area contributed by atoms with Crippen LogP contribution < -0.4 is 0 Å². The summed E-state index contributed by atoms with van der Waals surface area (Å²) in [6.45, 7) is 18.8. The van der Waals surface area contributed by atoms with Crippen LogP contribution in [0.5, 0.6) is 0 Å². The maximum Gasteiger partial charge on any atom is 0.0165 e. The van der Waals surface area contributed by atoms with Gasteiger partial charge in [0, 0.05) is 49.3 Å². The van der Waals surface area contributed by atoms with Crippen molar-refractivity contribution in [3.63, 3.8) is 0 Å². The van der Waals surface area contributed by atoms with E-state index in [9.17, 15) is 0 Å². The minimum absolute atomic E-state index is 0.229. The Bertz CT molecular complexity index is 344. The van der Waals surface area contributed by atoms with Crippen LogP contribution >= 0.6 is 0 Å². The van der Waals surface area contributed by atoms with Gasteiger partial charge in [0.05, 0.1) is 0 Å². The Kier molecular flexibility index (Phi) is 7.73. The molecule has 1 heterocycles. The zero-order valence-corrected chi connectivity index (χ0v) is 18.2. The van der Waals surface area contributed by atoms with Crippen LogP contribution in [0.1, 0.15) is 54.4 Å². The standard InChI is InChI=1S/C20H44N4/c1-17-15-19(3,4)23(9)14-12-22(8)18(2)16-20(5,6)24(10)13-11-21(17)7/h17-18H,11-16H2,1-10H3. The van der Waals surface area contributed by atoms with Gasteiger partial charge >= 0.3 is 0 Å². The molecule has 4 nitrogen and oxygen atoms in total. The molecule has 0 bridgehead atoms. The summed E-state index contributed by atoms with van der Waals surface area (Å²) in [6, 6.07) is 1.19. The summed E-state index contributed by atoms with van der Waals surface area (Å²) in [5, 5.41) is 0. The van der Waals surface area contributed by atoms with E-state index in [0.29, 0.717) is 12.1 Å². The predicted octanol–water partition coefficient (Wildman–Crippen LogP) is 2.84. The molecule has 1 fully saturated rings. The van der Waals surface area contributed by atoms with E-state index in [4.69, 9.17) is 0 Å². The van der Waals surface area contributed by atoms with Crippen molar-refractivity contribution in [2.45, 2.75) is 77.5 Å². The molecule has 0 aromatic carbocycles. The molecule has 144 valence electrons. The zero-order valence-electron chi connectivity index (χ0n) is 18.2. The maximum atomic E-state index is 2.55. The van der Waals surface area contributed by atoms with Gasteiger partial charge in [-0.25, -0.2) is 0 Å². The number of likely N-dealkylation sites (N-methyl/N-ethyl adjacent to an activating group) is 4. The summed E-state index contributed by atoms with van der Waals surface area (Å²) in [5.41, 5.74) is 0.458. The largest absolute Gasteiger partial charge is 0.302 e. The molecule has 0 aromatic rings. The smallest absolute Gasteiger partial charge is 0.0165 e. The van der Waals surface area contributed by atoms with Gasteiger partial charge in [-0.15, -0.1) is 0 Å². The molecule has 0 spiro atoms. The molecule has 4 heteroatoms. The lowest BCUT2D eigenvalue weighted by molar-refractivity contribution is 0.0558. The van der Waals surface area contributed by atoms with Gasteiger partial charge in [0.1, 0.15) is 0 Å². The SMILES string of the molecule is CC1CC(C)(C)N(C)CCN(C)C(C)CC(C)(C)N(C)CCN1C. The third-order valence-corrected chi connectivity index (χ3v) is 6.74. The molecule has 1 saturated heterocycles. The van der Waals surface area contributed by atoms with Gasteiger partial charge in [-0.05, 0) is 82.6 Å². The molecule has 24 heavy (non-hydrogen) atoms. The van der Waals surface area contributed by atoms with Crippen LogP contribution in [-0.4, -0.2) is 97.1 Å². The topological polar surface area (TPSA) is 13.0 Å². The molecule has 0 aliphatic carbocycles. The van der Waals surface area contributed by atoms with Gasteiger partial charge in [-0.2, -0.15) is 0 Å². The first kappa shape index (κ1) is 21.9. The minimum atomic E-state index is 0.229. The van der Waals surface area contributed by atoms with Gasteiger partial charge in [-0.3, -0.25) is 9.80 Å². The van der Waals surface area contributed by atoms with Crippen molar-refractivity contribution < 1.29 is 0 Å². The van der Waals surface area contributed by atoms with Gasteiger partial charge in [0.15, 0.2) is 0 Å². The highest BCUT2D eigenvalue weighted by Crippen LogP contribution is 2.24. The molecule has 0 N–H and O–H groups in total. The zero-order chi connectivity index (χ0) is 18.7. The van der Waals surface area contributed by atoms with E-state index < -0.39 is 0 Å². The lowest BCUT2D eigenvalue weighted by atomic mass is 9.92. The maximum absolute atomic E-state index is 2.55. The molecule has 0 saturated carbocycles. The summed E-state index contributed by atoms with van der Waals surface area (Å²) in [4.78, 5) is 10.2. The van der Waals surface area contributed by atoms with Gasteiger partial charge in [0.25, 0.3) is 0 Å². The second kappa shape index (κ2) is 8.48. The Hall–Kier alpha value is -0.160. The Labute approximate surface area is 152 Å². The summed E-state index contributed by atoms with van der Waals surface area (Å²) in [7, 11) is 9.14. The van der Waals surface area contributed by atoms with Crippen LogP contribution in [0.25, 0.3) is 0 Å². The average Bonchev–Trinajstić information content (AvgIpc) is 2.47. The molecular formula is C20H44N4. The average molecular weight is 341 g/mol. The molecular weight excluding hydrogens is 296 g/mol. The van der Waals surface area contributed by atoms with Crippen LogP contribution in [-0.2, 0) is 0 Å². The fourth-order valence-electron chi connectivity index (χ4n) is 3.73. The summed E-state index contributed by atoms with van der Waals surface area (Å²) >= 11 is 0. The van der Waals surface area contributed by atoms with Crippen LogP contribution in [0.2, 0.25) is 0 Å². The lowest BCUT2D eigenvalue weighted by Gasteiger charge is -2.44. The van der Waals surface area contributed by atoms with Gasteiger partial charge in [0.2, 0.25) is 0 Å². The monoisotopic (exact) mass is 340 g/mol. The van der Waals surface area contributed by atoms with Crippen molar-refractivity contribution in [1.29, 1.82) is 0 Å². The highest BCUT2D eigenvalue weighted by Gasteiger charge is 2.31. The van der Waals surface area contributed by atoms with Crippen molar-refractivity contribution >= 4 is 0 Å². The van der Waals surface area contributed by atoms with Crippen molar-refractivity contribution in [1.82, 2.24) is 19.6 Å². The van der Waals surface area contributed by atoms with Crippen LogP contribution in [0.15, 0.2) is 0 Å². The molecule has 2 atom stereocenters. The van der Waals surface area contributed by atoms with Crippen molar-refractivity contribution in [2.75, 3.05) is 54.4 Å². The summed E-state index contributed by atoms with van der Waals surface area (Å²) < 4.78 is 0. The minimum Gasteiger partial charge on any atom is -0.302 e. The number of hydrogen-bond donors (Lipinski definition) is 0. The normalized spacial score (nSPS) is 33.2. The molecule has 1 aliphatic rings. The molecule has 2 unspecified atom stereocenters. The quantitative estimate of drug-likeness (QED) is 0.672. The number of hydrogen-bond acceptors (Lipinski definition) is 4. The van der Waals surface area contributed by atoms with Crippen LogP contribution in [0.4, 0.5) is 0 Å². The van der Waals surface area contributed by atoms with E-state index in [1.165, 1.54) is 12.8 Å². The van der Waals surface area contributed by atoms with Crippen LogP contribution in [0, 0.1) is 0 Å². The Morgan fingerprint density at radius 1 is 0.583 bits per heavy atom. The summed E-state index contributed by atoms with van der Waals surface area (Å²) in [6.07, 6.45) is 2.40. The fraction of sp³-hybridized carbons (Fsp3) is 1.00. The third kappa shape index (κ3) is 5.98. The number of nitrogens with zero attached hydrogens (tertiary/aromatic N) is 4. The van der Waals surface area contributed by atoms with E-state index in [1.807, 2.05) is 0 Å². The molecule has 0 radical (unpaired) electrons.